The van der Waals surface area contributed by atoms with Crippen LogP contribution >= 0.6 is 0 Å². The van der Waals surface area contributed by atoms with Crippen molar-refractivity contribution in [2.75, 3.05) is 44.2 Å². The predicted molar refractivity (Wildman–Crippen MR) is 122 cm³/mol. The maximum atomic E-state index is 13.4. The molecule has 1 aromatic carbocycles. The highest BCUT2D eigenvalue weighted by Crippen LogP contribution is 2.28. The second-order valence-electron chi connectivity index (χ2n) is 8.31. The Morgan fingerprint density at radius 3 is 2.55 bits per heavy atom. The lowest BCUT2D eigenvalue weighted by atomic mass is 10.1. The van der Waals surface area contributed by atoms with Crippen molar-refractivity contribution in [1.82, 2.24) is 19.2 Å². The van der Waals surface area contributed by atoms with Crippen molar-refractivity contribution in [3.05, 3.63) is 60.7 Å². The lowest BCUT2D eigenvalue weighted by molar-refractivity contribution is -0.135. The Hall–Kier alpha value is -3.11. The van der Waals surface area contributed by atoms with Gasteiger partial charge in [0.1, 0.15) is 0 Å². The number of benzene rings is 1. The highest BCUT2D eigenvalue weighted by Gasteiger charge is 2.38. The van der Waals surface area contributed by atoms with Crippen LogP contribution in [0.1, 0.15) is 6.42 Å². The highest BCUT2D eigenvalue weighted by molar-refractivity contribution is 7.89. The molecule has 10 heteroatoms. The number of carbonyl (C=O) groups excluding carboxylic acids is 1. The third kappa shape index (κ3) is 4.16. The minimum absolute atomic E-state index is 0.0286. The van der Waals surface area contributed by atoms with Crippen molar-refractivity contribution >= 4 is 32.5 Å². The monoisotopic (exact) mass is 469 g/mol. The van der Waals surface area contributed by atoms with Gasteiger partial charge in [-0.05, 0) is 30.7 Å². The molecule has 2 aromatic heterocycles. The average molecular weight is 470 g/mol. The van der Waals surface area contributed by atoms with Crippen LogP contribution in [0.2, 0.25) is 0 Å². The van der Waals surface area contributed by atoms with Crippen LogP contribution in [0.25, 0.3) is 10.9 Å². The zero-order valence-electron chi connectivity index (χ0n) is 18.0. The van der Waals surface area contributed by atoms with Crippen LogP contribution in [-0.2, 0) is 14.8 Å². The van der Waals surface area contributed by atoms with Gasteiger partial charge in [-0.15, -0.1) is 0 Å². The maximum absolute atomic E-state index is 13.4. The van der Waals surface area contributed by atoms with Gasteiger partial charge in [-0.25, -0.2) is 13.4 Å². The Balaban J connectivity index is 1.23. The van der Waals surface area contributed by atoms with Crippen molar-refractivity contribution in [3.8, 4) is 0 Å². The Morgan fingerprint density at radius 2 is 1.76 bits per heavy atom. The normalized spacial score (nSPS) is 19.8. The van der Waals surface area contributed by atoms with E-state index in [-0.39, 0.29) is 24.0 Å². The molecule has 0 spiro atoms. The third-order valence-corrected chi connectivity index (χ3v) is 8.12. The number of para-hydroxylation sites is 1. The average Bonchev–Trinajstić information content (AvgIpc) is 3.35. The molecule has 3 aromatic rings. The predicted octanol–water partition coefficient (Wildman–Crippen LogP) is 2.13. The number of nitrogens with zero attached hydrogens (tertiary/aromatic N) is 5. The molecule has 33 heavy (non-hydrogen) atoms. The van der Waals surface area contributed by atoms with E-state index >= 15 is 0 Å². The number of piperazine rings is 1. The molecule has 0 aliphatic carbocycles. The smallest absolute Gasteiger partial charge is 0.260 e. The first-order valence-corrected chi connectivity index (χ1v) is 12.4. The number of sulfonamides is 1. The number of fused-ring (bicyclic) bond motifs is 1. The summed E-state index contributed by atoms with van der Waals surface area (Å²) in [6.07, 6.45) is 2.25. The number of halogens is 1. The molecular weight excluding hydrogens is 445 g/mol. The summed E-state index contributed by atoms with van der Waals surface area (Å²) in [6, 6.07) is 13.7. The molecule has 1 unspecified atom stereocenters. The summed E-state index contributed by atoms with van der Waals surface area (Å²) in [7, 11) is -3.93. The van der Waals surface area contributed by atoms with Gasteiger partial charge >= 0.3 is 0 Å². The van der Waals surface area contributed by atoms with Gasteiger partial charge in [0, 0.05) is 56.5 Å². The highest BCUT2D eigenvalue weighted by atomic mass is 32.2. The number of carbonyl (C=O) groups is 1. The minimum Gasteiger partial charge on any atom is -0.367 e. The number of anilines is 1. The Morgan fingerprint density at radius 1 is 0.970 bits per heavy atom. The Bertz CT molecular complexity index is 1290. The summed E-state index contributed by atoms with van der Waals surface area (Å²) in [5.74, 6) is -1.27. The fourth-order valence-corrected chi connectivity index (χ4v) is 6.04. The van der Waals surface area contributed by atoms with Crippen LogP contribution in [0.15, 0.2) is 59.8 Å². The zero-order valence-corrected chi connectivity index (χ0v) is 18.8. The van der Waals surface area contributed by atoms with Crippen molar-refractivity contribution in [2.24, 2.45) is 5.92 Å². The topological polar surface area (TPSA) is 86.7 Å². The van der Waals surface area contributed by atoms with Gasteiger partial charge in [0.15, 0.2) is 5.03 Å². The van der Waals surface area contributed by atoms with E-state index in [1.165, 1.54) is 16.4 Å². The van der Waals surface area contributed by atoms with E-state index < -0.39 is 21.9 Å². The number of aromatic nitrogens is 2. The van der Waals surface area contributed by atoms with Crippen molar-refractivity contribution < 1.29 is 17.6 Å². The first-order valence-electron chi connectivity index (χ1n) is 10.9. The van der Waals surface area contributed by atoms with Crippen LogP contribution < -0.4 is 4.90 Å². The second kappa shape index (κ2) is 8.68. The number of pyridine rings is 2. The molecule has 0 N–H and O–H groups in total. The first kappa shape index (κ1) is 21.7. The standard InChI is InChI=1S/C23H24FN5O3S/c24-21-6-3-7-22(26-21)33(31,32)29-11-9-17(16-29)23(30)28-14-12-27(13-15-28)20-8-10-25-19-5-2-1-4-18(19)20/h1-8,10,17H,9,11-16H2. The molecule has 2 aliphatic rings. The number of amides is 1. The SMILES string of the molecule is O=C(C1CCN(S(=O)(=O)c2cccc(F)n2)C1)N1CCN(c2ccnc3ccccc23)CC1. The van der Waals surface area contributed by atoms with E-state index in [4.69, 9.17) is 0 Å². The lowest BCUT2D eigenvalue weighted by Crippen LogP contribution is -2.50. The fourth-order valence-electron chi connectivity index (χ4n) is 4.60. The minimum atomic E-state index is -3.93. The van der Waals surface area contributed by atoms with E-state index in [0.717, 1.165) is 22.7 Å². The van der Waals surface area contributed by atoms with Gasteiger partial charge < -0.3 is 9.80 Å². The van der Waals surface area contributed by atoms with Gasteiger partial charge in [-0.1, -0.05) is 24.3 Å². The van der Waals surface area contributed by atoms with E-state index in [1.54, 1.807) is 6.20 Å². The van der Waals surface area contributed by atoms with Gasteiger partial charge in [0.2, 0.25) is 11.9 Å². The second-order valence-corrected chi connectivity index (χ2v) is 10.2. The van der Waals surface area contributed by atoms with Crippen LogP contribution in [0, 0.1) is 11.9 Å². The summed E-state index contributed by atoms with van der Waals surface area (Å²) in [4.78, 5) is 25.1. The number of rotatable bonds is 4. The molecule has 2 fully saturated rings. The number of hydrogen-bond acceptors (Lipinski definition) is 6. The van der Waals surface area contributed by atoms with Crippen molar-refractivity contribution in [3.63, 3.8) is 0 Å². The molecule has 4 heterocycles. The Labute approximate surface area is 191 Å². The summed E-state index contributed by atoms with van der Waals surface area (Å²) in [5, 5.41) is 0.760. The van der Waals surface area contributed by atoms with Crippen LogP contribution in [0.3, 0.4) is 0 Å². The van der Waals surface area contributed by atoms with E-state index in [1.807, 2.05) is 29.2 Å². The third-order valence-electron chi connectivity index (χ3n) is 6.35. The maximum Gasteiger partial charge on any atom is 0.260 e. The molecule has 5 rings (SSSR count). The molecule has 0 radical (unpaired) electrons. The van der Waals surface area contributed by atoms with Gasteiger partial charge in [0.05, 0.1) is 11.4 Å². The summed E-state index contributed by atoms with van der Waals surface area (Å²) < 4.78 is 40.2. The lowest BCUT2D eigenvalue weighted by Gasteiger charge is -2.37. The van der Waals surface area contributed by atoms with Crippen LogP contribution in [0.5, 0.6) is 0 Å². The quantitative estimate of drug-likeness (QED) is 0.544. The molecule has 1 amide bonds. The molecule has 8 nitrogen and oxygen atoms in total. The molecule has 1 atom stereocenters. The zero-order chi connectivity index (χ0) is 23.0. The molecule has 0 saturated carbocycles. The summed E-state index contributed by atoms with van der Waals surface area (Å²) >= 11 is 0. The van der Waals surface area contributed by atoms with E-state index in [9.17, 15) is 17.6 Å². The largest absolute Gasteiger partial charge is 0.367 e. The van der Waals surface area contributed by atoms with E-state index in [2.05, 4.69) is 20.9 Å². The summed E-state index contributed by atoms with van der Waals surface area (Å²) in [5.41, 5.74) is 2.04. The molecular formula is C23H24FN5O3S. The molecule has 2 aliphatic heterocycles. The van der Waals surface area contributed by atoms with E-state index in [0.29, 0.717) is 32.6 Å². The van der Waals surface area contributed by atoms with Gasteiger partial charge in [0.25, 0.3) is 10.0 Å². The van der Waals surface area contributed by atoms with Crippen molar-refractivity contribution in [1.29, 1.82) is 0 Å². The van der Waals surface area contributed by atoms with Gasteiger partial charge in [-0.3, -0.25) is 9.78 Å². The summed E-state index contributed by atoms with van der Waals surface area (Å²) in [6.45, 7) is 2.85. The van der Waals surface area contributed by atoms with Crippen molar-refractivity contribution in [2.45, 2.75) is 11.4 Å². The number of hydrogen-bond donors (Lipinski definition) is 0. The molecule has 2 saturated heterocycles. The first-order chi connectivity index (χ1) is 15.9. The van der Waals surface area contributed by atoms with Crippen LogP contribution in [-0.4, -0.2) is 72.8 Å². The van der Waals surface area contributed by atoms with Crippen LogP contribution in [0.4, 0.5) is 10.1 Å². The van der Waals surface area contributed by atoms with Gasteiger partial charge in [-0.2, -0.15) is 8.70 Å². The molecule has 0 bridgehead atoms. The fraction of sp³-hybridized carbons (Fsp3) is 0.348. The Kier molecular flexibility index (Phi) is 5.71. The molecule has 172 valence electrons.